The van der Waals surface area contributed by atoms with E-state index in [1.165, 1.54) is 0 Å². The first-order valence-corrected chi connectivity index (χ1v) is 7.86. The summed E-state index contributed by atoms with van der Waals surface area (Å²) in [4.78, 5) is 29.6. The summed E-state index contributed by atoms with van der Waals surface area (Å²) in [7, 11) is 0. The van der Waals surface area contributed by atoms with E-state index in [4.69, 9.17) is 5.11 Å². The van der Waals surface area contributed by atoms with Crippen molar-refractivity contribution in [1.29, 1.82) is 0 Å². The molecular formula is C16H20N4O3. The number of carbonyl (C=O) groups excluding carboxylic acids is 1. The average Bonchev–Trinajstić information content (AvgIpc) is 2.99. The standard InChI is InChI=1S/C16H20N4O3/c1-11(16(22)23)9-12-3-7-19(8-4-12)15(21)13-10-18-20-6-2-5-17-14(13)20/h2,5-6,10-12H,3-4,7-9H2,1H3,(H,22,23). The van der Waals surface area contributed by atoms with Gasteiger partial charge in [0.2, 0.25) is 0 Å². The molecule has 2 aromatic rings. The van der Waals surface area contributed by atoms with Gasteiger partial charge >= 0.3 is 5.97 Å². The van der Waals surface area contributed by atoms with Crippen molar-refractivity contribution in [3.05, 3.63) is 30.2 Å². The Morgan fingerprint density at radius 1 is 1.39 bits per heavy atom. The Morgan fingerprint density at radius 2 is 2.13 bits per heavy atom. The van der Waals surface area contributed by atoms with Gasteiger partial charge in [0.25, 0.3) is 5.91 Å². The van der Waals surface area contributed by atoms with Crippen molar-refractivity contribution in [3.63, 3.8) is 0 Å². The zero-order valence-electron chi connectivity index (χ0n) is 13.1. The highest BCUT2D eigenvalue weighted by Crippen LogP contribution is 2.25. The lowest BCUT2D eigenvalue weighted by Crippen LogP contribution is -2.39. The van der Waals surface area contributed by atoms with Gasteiger partial charge in [-0.1, -0.05) is 6.92 Å². The molecule has 1 saturated heterocycles. The number of amides is 1. The summed E-state index contributed by atoms with van der Waals surface area (Å²) in [6.07, 6.45) is 7.33. The number of carboxylic acid groups (broad SMARTS) is 1. The number of likely N-dealkylation sites (tertiary alicyclic amines) is 1. The van der Waals surface area contributed by atoms with Crippen LogP contribution in [-0.2, 0) is 4.79 Å². The van der Waals surface area contributed by atoms with Crippen molar-refractivity contribution < 1.29 is 14.7 Å². The number of hydrogen-bond acceptors (Lipinski definition) is 4. The van der Waals surface area contributed by atoms with Crippen LogP contribution in [0.1, 0.15) is 36.5 Å². The molecular weight excluding hydrogens is 296 g/mol. The Hall–Kier alpha value is -2.44. The summed E-state index contributed by atoms with van der Waals surface area (Å²) in [5, 5.41) is 13.1. The maximum absolute atomic E-state index is 12.7. The SMILES string of the molecule is CC(CC1CCN(C(=O)c2cnn3cccnc23)CC1)C(=O)O. The lowest BCUT2D eigenvalue weighted by atomic mass is 9.88. The van der Waals surface area contributed by atoms with Crippen LogP contribution in [0.4, 0.5) is 0 Å². The van der Waals surface area contributed by atoms with E-state index in [9.17, 15) is 9.59 Å². The highest BCUT2D eigenvalue weighted by Gasteiger charge is 2.27. The van der Waals surface area contributed by atoms with Crippen LogP contribution >= 0.6 is 0 Å². The summed E-state index contributed by atoms with van der Waals surface area (Å²) >= 11 is 0. The van der Waals surface area contributed by atoms with Crippen molar-refractivity contribution in [1.82, 2.24) is 19.5 Å². The Morgan fingerprint density at radius 3 is 2.83 bits per heavy atom. The van der Waals surface area contributed by atoms with Crippen LogP contribution < -0.4 is 0 Å². The van der Waals surface area contributed by atoms with Gasteiger partial charge in [0, 0.05) is 25.5 Å². The second-order valence-corrected chi connectivity index (χ2v) is 6.16. The predicted molar refractivity (Wildman–Crippen MR) is 83.0 cm³/mol. The van der Waals surface area contributed by atoms with Gasteiger partial charge < -0.3 is 10.0 Å². The molecule has 1 atom stereocenters. The lowest BCUT2D eigenvalue weighted by molar-refractivity contribution is -0.141. The van der Waals surface area contributed by atoms with E-state index in [0.29, 0.717) is 36.6 Å². The van der Waals surface area contributed by atoms with E-state index in [1.54, 1.807) is 36.1 Å². The summed E-state index contributed by atoms with van der Waals surface area (Å²) in [5.41, 5.74) is 1.09. The first-order chi connectivity index (χ1) is 11.1. The van der Waals surface area contributed by atoms with E-state index in [1.807, 2.05) is 4.90 Å². The normalized spacial score (nSPS) is 17.3. The fraction of sp³-hybridized carbons (Fsp3) is 0.500. The van der Waals surface area contributed by atoms with Gasteiger partial charge in [0.15, 0.2) is 5.65 Å². The fourth-order valence-electron chi connectivity index (χ4n) is 3.12. The molecule has 1 fully saturated rings. The van der Waals surface area contributed by atoms with Crippen LogP contribution in [0.25, 0.3) is 5.65 Å². The van der Waals surface area contributed by atoms with Crippen molar-refractivity contribution in [2.24, 2.45) is 11.8 Å². The molecule has 23 heavy (non-hydrogen) atoms. The van der Waals surface area contributed by atoms with Crippen molar-refractivity contribution in [2.75, 3.05) is 13.1 Å². The predicted octanol–water partition coefficient (Wildman–Crippen LogP) is 1.69. The van der Waals surface area contributed by atoms with Gasteiger partial charge in [-0.05, 0) is 31.2 Å². The van der Waals surface area contributed by atoms with E-state index < -0.39 is 5.97 Å². The number of fused-ring (bicyclic) bond motifs is 1. The molecule has 0 aromatic carbocycles. The average molecular weight is 316 g/mol. The zero-order chi connectivity index (χ0) is 16.4. The van der Waals surface area contributed by atoms with Crippen LogP contribution in [0.5, 0.6) is 0 Å². The first kappa shape index (κ1) is 15.5. The van der Waals surface area contributed by atoms with Gasteiger partial charge in [-0.3, -0.25) is 9.59 Å². The number of piperidine rings is 1. The molecule has 1 N–H and O–H groups in total. The van der Waals surface area contributed by atoms with Crippen LogP contribution in [0.15, 0.2) is 24.7 Å². The van der Waals surface area contributed by atoms with E-state index in [-0.39, 0.29) is 11.8 Å². The molecule has 3 heterocycles. The number of carbonyl (C=O) groups is 2. The molecule has 0 aliphatic carbocycles. The number of aromatic nitrogens is 3. The van der Waals surface area contributed by atoms with E-state index >= 15 is 0 Å². The highest BCUT2D eigenvalue weighted by molar-refractivity contribution is 5.99. The third kappa shape index (κ3) is 3.18. The molecule has 0 bridgehead atoms. The number of rotatable bonds is 4. The number of hydrogen-bond donors (Lipinski definition) is 1. The van der Waals surface area contributed by atoms with E-state index in [2.05, 4.69) is 10.1 Å². The Labute approximate surface area is 133 Å². The minimum atomic E-state index is -0.749. The molecule has 1 aliphatic heterocycles. The second-order valence-electron chi connectivity index (χ2n) is 6.16. The summed E-state index contributed by atoms with van der Waals surface area (Å²) in [6, 6.07) is 1.77. The third-order valence-corrected chi connectivity index (χ3v) is 4.52. The molecule has 0 saturated carbocycles. The zero-order valence-corrected chi connectivity index (χ0v) is 13.1. The van der Waals surface area contributed by atoms with Crippen molar-refractivity contribution in [2.45, 2.75) is 26.2 Å². The summed E-state index contributed by atoms with van der Waals surface area (Å²) in [5.74, 6) is -0.761. The lowest BCUT2D eigenvalue weighted by Gasteiger charge is -2.32. The van der Waals surface area contributed by atoms with Crippen LogP contribution in [0.3, 0.4) is 0 Å². The Bertz CT molecular complexity index is 719. The number of carboxylic acids is 1. The quantitative estimate of drug-likeness (QED) is 0.927. The van der Waals surface area contributed by atoms with Crippen molar-refractivity contribution in [3.8, 4) is 0 Å². The van der Waals surface area contributed by atoms with Crippen LogP contribution in [0.2, 0.25) is 0 Å². The molecule has 0 spiro atoms. The van der Waals surface area contributed by atoms with Gasteiger partial charge in [-0.25, -0.2) is 9.50 Å². The topological polar surface area (TPSA) is 87.8 Å². The maximum Gasteiger partial charge on any atom is 0.306 e. The number of nitrogens with zero attached hydrogens (tertiary/aromatic N) is 4. The molecule has 1 unspecified atom stereocenters. The number of aliphatic carboxylic acids is 1. The summed E-state index contributed by atoms with van der Waals surface area (Å²) < 4.78 is 1.59. The minimum absolute atomic E-state index is 0.0524. The van der Waals surface area contributed by atoms with Crippen LogP contribution in [-0.4, -0.2) is 49.6 Å². The third-order valence-electron chi connectivity index (χ3n) is 4.52. The molecule has 3 rings (SSSR count). The fourth-order valence-corrected chi connectivity index (χ4v) is 3.12. The molecule has 122 valence electrons. The monoisotopic (exact) mass is 316 g/mol. The van der Waals surface area contributed by atoms with Crippen molar-refractivity contribution >= 4 is 17.5 Å². The maximum atomic E-state index is 12.7. The molecule has 1 amide bonds. The van der Waals surface area contributed by atoms with Gasteiger partial charge in [-0.15, -0.1) is 0 Å². The molecule has 2 aromatic heterocycles. The Kier molecular flexibility index (Phi) is 4.27. The minimum Gasteiger partial charge on any atom is -0.481 e. The smallest absolute Gasteiger partial charge is 0.306 e. The highest BCUT2D eigenvalue weighted by atomic mass is 16.4. The first-order valence-electron chi connectivity index (χ1n) is 7.86. The van der Waals surface area contributed by atoms with Gasteiger partial charge in [0.05, 0.1) is 12.1 Å². The molecule has 0 radical (unpaired) electrons. The van der Waals surface area contributed by atoms with Crippen LogP contribution in [0, 0.1) is 11.8 Å². The molecule has 1 aliphatic rings. The summed E-state index contributed by atoms with van der Waals surface area (Å²) in [6.45, 7) is 3.05. The van der Waals surface area contributed by atoms with E-state index in [0.717, 1.165) is 12.8 Å². The second kappa shape index (κ2) is 6.36. The van der Waals surface area contributed by atoms with Gasteiger partial charge in [-0.2, -0.15) is 5.10 Å². The van der Waals surface area contributed by atoms with Gasteiger partial charge in [0.1, 0.15) is 5.56 Å². The molecule has 7 heteroatoms. The Balaban J connectivity index is 1.63. The largest absolute Gasteiger partial charge is 0.481 e. The molecule has 7 nitrogen and oxygen atoms in total.